The second-order valence-electron chi connectivity index (χ2n) is 3.95. The van der Waals surface area contributed by atoms with Gasteiger partial charge in [0, 0.05) is 9.86 Å². The third kappa shape index (κ3) is 1.94. The molecule has 0 atom stereocenters. The van der Waals surface area contributed by atoms with Crippen molar-refractivity contribution in [1.29, 1.82) is 0 Å². The molecule has 84 valence electrons. The molecule has 0 aliphatic carbocycles. The fourth-order valence-corrected chi connectivity index (χ4v) is 2.38. The number of fused-ring (bicyclic) bond motifs is 1. The molecular weight excluding hydrogens is 292 g/mol. The fourth-order valence-electron chi connectivity index (χ4n) is 1.59. The van der Waals surface area contributed by atoms with Crippen LogP contribution in [0.2, 0.25) is 5.15 Å². The monoisotopic (exact) mass is 301 g/mol. The summed E-state index contributed by atoms with van der Waals surface area (Å²) < 4.78 is 14.4. The smallest absolute Gasteiger partial charge is 0.149 e. The van der Waals surface area contributed by atoms with E-state index in [1.165, 1.54) is 6.07 Å². The van der Waals surface area contributed by atoms with E-state index < -0.39 is 0 Å². The van der Waals surface area contributed by atoms with Gasteiger partial charge in [0.05, 0.1) is 0 Å². The molecule has 2 rings (SSSR count). The van der Waals surface area contributed by atoms with Crippen LogP contribution < -0.4 is 0 Å². The van der Waals surface area contributed by atoms with Crippen LogP contribution in [0.3, 0.4) is 0 Å². The van der Waals surface area contributed by atoms with Gasteiger partial charge in [-0.15, -0.1) is 0 Å². The average molecular weight is 303 g/mol. The predicted molar refractivity (Wildman–Crippen MR) is 68.5 cm³/mol. The van der Waals surface area contributed by atoms with Crippen molar-refractivity contribution in [3.05, 3.63) is 39.2 Å². The third-order valence-corrected chi connectivity index (χ3v) is 3.48. The first-order chi connectivity index (χ1) is 7.50. The van der Waals surface area contributed by atoms with Gasteiger partial charge in [0.25, 0.3) is 0 Å². The summed E-state index contributed by atoms with van der Waals surface area (Å²) in [6.07, 6.45) is 0. The molecule has 1 nitrogen and oxygen atoms in total. The highest BCUT2D eigenvalue weighted by atomic mass is 79.9. The minimum absolute atomic E-state index is 0.263. The van der Waals surface area contributed by atoms with E-state index in [0.29, 0.717) is 10.7 Å². The van der Waals surface area contributed by atoms with Crippen LogP contribution in [-0.2, 0) is 0 Å². The van der Waals surface area contributed by atoms with Crippen LogP contribution in [0.1, 0.15) is 25.3 Å². The lowest BCUT2D eigenvalue weighted by Gasteiger charge is -2.10. The van der Waals surface area contributed by atoms with Gasteiger partial charge in [0.1, 0.15) is 16.5 Å². The van der Waals surface area contributed by atoms with Gasteiger partial charge in [-0.3, -0.25) is 0 Å². The maximum atomic E-state index is 13.5. The van der Waals surface area contributed by atoms with E-state index in [1.54, 1.807) is 6.07 Å². The van der Waals surface area contributed by atoms with E-state index in [-0.39, 0.29) is 11.7 Å². The molecule has 0 spiro atoms. The number of hydrogen-bond acceptors (Lipinski definition) is 1. The van der Waals surface area contributed by atoms with Crippen LogP contribution in [0.15, 0.2) is 22.7 Å². The molecule has 2 aromatic rings. The summed E-state index contributed by atoms with van der Waals surface area (Å²) in [4.78, 5) is 4.12. The Morgan fingerprint density at radius 2 is 2.06 bits per heavy atom. The Morgan fingerprint density at radius 1 is 1.38 bits per heavy atom. The fraction of sp³-hybridized carbons (Fsp3) is 0.250. The number of hydrogen-bond donors (Lipinski definition) is 0. The maximum Gasteiger partial charge on any atom is 0.149 e. The first-order valence-electron chi connectivity index (χ1n) is 4.95. The van der Waals surface area contributed by atoms with E-state index >= 15 is 0 Å². The van der Waals surface area contributed by atoms with E-state index in [9.17, 15) is 4.39 Å². The molecule has 0 aliphatic heterocycles. The highest BCUT2D eigenvalue weighted by Crippen LogP contribution is 2.31. The second kappa shape index (κ2) is 4.30. The number of nitrogens with zero attached hydrogens (tertiary/aromatic N) is 1. The first-order valence-corrected chi connectivity index (χ1v) is 6.12. The molecule has 1 aromatic heterocycles. The lowest BCUT2D eigenvalue weighted by atomic mass is 10.0. The predicted octanol–water partition coefficient (Wildman–Crippen LogP) is 4.91. The Balaban J connectivity index is 2.84. The topological polar surface area (TPSA) is 12.9 Å². The minimum atomic E-state index is -0.351. The standard InChI is InChI=1S/C12H10BrClFN/c1-6(2)7-5-8-9(13)3-4-10(15)11(8)16-12(7)14/h3-6H,1-2H3. The van der Waals surface area contributed by atoms with Gasteiger partial charge in [-0.25, -0.2) is 9.37 Å². The van der Waals surface area contributed by atoms with Crippen molar-refractivity contribution in [2.45, 2.75) is 19.8 Å². The highest BCUT2D eigenvalue weighted by molar-refractivity contribution is 9.10. The van der Waals surface area contributed by atoms with Crippen molar-refractivity contribution in [2.24, 2.45) is 0 Å². The molecule has 0 aliphatic rings. The maximum absolute atomic E-state index is 13.5. The Kier molecular flexibility index (Phi) is 3.17. The number of aromatic nitrogens is 1. The van der Waals surface area contributed by atoms with E-state index in [1.807, 2.05) is 19.9 Å². The highest BCUT2D eigenvalue weighted by Gasteiger charge is 2.12. The summed E-state index contributed by atoms with van der Waals surface area (Å²) in [7, 11) is 0. The van der Waals surface area contributed by atoms with Crippen molar-refractivity contribution in [3.63, 3.8) is 0 Å². The molecule has 0 amide bonds. The molecule has 4 heteroatoms. The van der Waals surface area contributed by atoms with Crippen LogP contribution in [-0.4, -0.2) is 4.98 Å². The SMILES string of the molecule is CC(C)c1cc2c(Br)ccc(F)c2nc1Cl. The van der Waals surface area contributed by atoms with Crippen molar-refractivity contribution >= 4 is 38.4 Å². The summed E-state index contributed by atoms with van der Waals surface area (Å²) in [5.41, 5.74) is 1.24. The molecule has 16 heavy (non-hydrogen) atoms. The zero-order chi connectivity index (χ0) is 11.9. The van der Waals surface area contributed by atoms with Gasteiger partial charge in [-0.2, -0.15) is 0 Å². The van der Waals surface area contributed by atoms with Gasteiger partial charge in [-0.05, 0) is 29.7 Å². The van der Waals surface area contributed by atoms with Crippen molar-refractivity contribution < 1.29 is 4.39 Å². The van der Waals surface area contributed by atoms with E-state index in [4.69, 9.17) is 11.6 Å². The quantitative estimate of drug-likeness (QED) is 0.682. The lowest BCUT2D eigenvalue weighted by molar-refractivity contribution is 0.636. The molecule has 0 fully saturated rings. The number of benzene rings is 1. The van der Waals surface area contributed by atoms with Crippen LogP contribution in [0.5, 0.6) is 0 Å². The Bertz CT molecular complexity index is 554. The molecule has 0 saturated heterocycles. The molecular formula is C12H10BrClFN. The van der Waals surface area contributed by atoms with Gasteiger partial charge < -0.3 is 0 Å². The molecule has 0 radical (unpaired) electrons. The lowest BCUT2D eigenvalue weighted by Crippen LogP contribution is -1.94. The molecule has 0 unspecified atom stereocenters. The zero-order valence-electron chi connectivity index (χ0n) is 8.89. The summed E-state index contributed by atoms with van der Waals surface area (Å²) >= 11 is 9.42. The van der Waals surface area contributed by atoms with Crippen LogP contribution in [0.25, 0.3) is 10.9 Å². The Hall–Kier alpha value is -0.670. The largest absolute Gasteiger partial charge is 0.233 e. The van der Waals surface area contributed by atoms with E-state index in [2.05, 4.69) is 20.9 Å². The molecule has 1 heterocycles. The molecule has 0 N–H and O–H groups in total. The van der Waals surface area contributed by atoms with Gasteiger partial charge in [-0.1, -0.05) is 41.4 Å². The van der Waals surface area contributed by atoms with E-state index in [0.717, 1.165) is 15.4 Å². The Labute approximate surface area is 107 Å². The van der Waals surface area contributed by atoms with Gasteiger partial charge >= 0.3 is 0 Å². The van der Waals surface area contributed by atoms with Crippen LogP contribution in [0.4, 0.5) is 4.39 Å². The summed E-state index contributed by atoms with van der Waals surface area (Å²) in [5.74, 6) is -0.0880. The van der Waals surface area contributed by atoms with Crippen molar-refractivity contribution in [2.75, 3.05) is 0 Å². The van der Waals surface area contributed by atoms with Crippen molar-refractivity contribution in [3.8, 4) is 0 Å². The summed E-state index contributed by atoms with van der Waals surface area (Å²) in [5, 5.41) is 1.13. The molecule has 0 saturated carbocycles. The van der Waals surface area contributed by atoms with Gasteiger partial charge in [0.15, 0.2) is 0 Å². The normalized spacial score (nSPS) is 11.4. The number of pyridine rings is 1. The Morgan fingerprint density at radius 3 is 2.69 bits per heavy atom. The summed E-state index contributed by atoms with van der Waals surface area (Å²) in [6, 6.07) is 4.95. The number of rotatable bonds is 1. The van der Waals surface area contributed by atoms with Crippen LogP contribution in [0, 0.1) is 5.82 Å². The first kappa shape index (κ1) is 11.8. The third-order valence-electron chi connectivity index (χ3n) is 2.48. The summed E-state index contributed by atoms with van der Waals surface area (Å²) in [6.45, 7) is 4.06. The molecule has 0 bridgehead atoms. The molecule has 1 aromatic carbocycles. The van der Waals surface area contributed by atoms with Gasteiger partial charge in [0.2, 0.25) is 0 Å². The zero-order valence-corrected chi connectivity index (χ0v) is 11.2. The van der Waals surface area contributed by atoms with Crippen LogP contribution >= 0.6 is 27.5 Å². The second-order valence-corrected chi connectivity index (χ2v) is 5.16. The number of halogens is 3. The minimum Gasteiger partial charge on any atom is -0.233 e. The van der Waals surface area contributed by atoms with Crippen molar-refractivity contribution in [1.82, 2.24) is 4.98 Å². The average Bonchev–Trinajstić information content (AvgIpc) is 2.23.